The fraction of sp³-hybridized carbons (Fsp3) is 0.100. The van der Waals surface area contributed by atoms with Crippen LogP contribution in [-0.4, -0.2) is 5.97 Å². The maximum Gasteiger partial charge on any atom is 0.308 e. The SMILES string of the molecule is CC(=O)O/C(=C\Br)c1ccccc1. The molecule has 0 aliphatic heterocycles. The number of carbonyl (C=O) groups excluding carboxylic acids is 1. The summed E-state index contributed by atoms with van der Waals surface area (Å²) in [5.41, 5.74) is 0.870. The molecule has 0 saturated heterocycles. The van der Waals surface area contributed by atoms with Crippen LogP contribution in [0, 0.1) is 0 Å². The smallest absolute Gasteiger partial charge is 0.308 e. The molecule has 0 N–H and O–H groups in total. The Bertz CT molecular complexity index is 317. The lowest BCUT2D eigenvalue weighted by molar-refractivity contribution is -0.134. The highest BCUT2D eigenvalue weighted by Gasteiger charge is 2.03. The number of rotatable bonds is 2. The Balaban J connectivity index is 2.86. The summed E-state index contributed by atoms with van der Waals surface area (Å²) in [6, 6.07) is 9.42. The van der Waals surface area contributed by atoms with Crippen molar-refractivity contribution in [3.63, 3.8) is 0 Å². The number of hydrogen-bond acceptors (Lipinski definition) is 2. The summed E-state index contributed by atoms with van der Waals surface area (Å²) in [5, 5.41) is 0. The quantitative estimate of drug-likeness (QED) is 0.587. The molecule has 0 saturated carbocycles. The average molecular weight is 241 g/mol. The van der Waals surface area contributed by atoms with Crippen molar-refractivity contribution in [2.24, 2.45) is 0 Å². The zero-order valence-electron chi connectivity index (χ0n) is 7.16. The standard InChI is InChI=1S/C10H9BrO2/c1-8(12)13-10(7-11)9-5-3-2-4-6-9/h2-7H,1H3/b10-7-. The molecule has 0 aliphatic rings. The highest BCUT2D eigenvalue weighted by molar-refractivity contribution is 9.11. The predicted octanol–water partition coefficient (Wildman–Crippen LogP) is 2.94. The first-order valence-electron chi connectivity index (χ1n) is 3.78. The van der Waals surface area contributed by atoms with Gasteiger partial charge in [-0.15, -0.1) is 0 Å². The molecule has 1 rings (SSSR count). The van der Waals surface area contributed by atoms with E-state index in [0.29, 0.717) is 5.76 Å². The number of halogens is 1. The van der Waals surface area contributed by atoms with Crippen LogP contribution in [0.4, 0.5) is 0 Å². The van der Waals surface area contributed by atoms with Crippen molar-refractivity contribution in [2.45, 2.75) is 6.92 Å². The van der Waals surface area contributed by atoms with E-state index in [9.17, 15) is 4.79 Å². The summed E-state index contributed by atoms with van der Waals surface area (Å²) in [6.45, 7) is 1.37. The predicted molar refractivity (Wildman–Crippen MR) is 55.1 cm³/mol. The minimum absolute atomic E-state index is 0.324. The van der Waals surface area contributed by atoms with E-state index in [1.54, 1.807) is 4.99 Å². The van der Waals surface area contributed by atoms with Crippen LogP contribution in [0.1, 0.15) is 12.5 Å². The highest BCUT2D eigenvalue weighted by Crippen LogP contribution is 2.16. The molecule has 0 radical (unpaired) electrons. The molecule has 1 aromatic carbocycles. The summed E-state index contributed by atoms with van der Waals surface area (Å²) in [7, 11) is 0. The van der Waals surface area contributed by atoms with Gasteiger partial charge in [-0.05, 0) is 0 Å². The van der Waals surface area contributed by atoms with E-state index < -0.39 is 0 Å². The van der Waals surface area contributed by atoms with Gasteiger partial charge >= 0.3 is 5.97 Å². The zero-order valence-corrected chi connectivity index (χ0v) is 8.74. The van der Waals surface area contributed by atoms with Crippen molar-refractivity contribution in [3.05, 3.63) is 40.9 Å². The van der Waals surface area contributed by atoms with E-state index in [4.69, 9.17) is 4.74 Å². The summed E-state index contributed by atoms with van der Waals surface area (Å²) < 4.78 is 4.96. The molecule has 0 aliphatic carbocycles. The molecular formula is C10H9BrO2. The summed E-state index contributed by atoms with van der Waals surface area (Å²) >= 11 is 3.14. The lowest BCUT2D eigenvalue weighted by Crippen LogP contribution is -1.97. The molecule has 0 heterocycles. The van der Waals surface area contributed by atoms with E-state index in [1.165, 1.54) is 6.92 Å². The number of ether oxygens (including phenoxy) is 1. The second-order valence-electron chi connectivity index (χ2n) is 2.43. The Hall–Kier alpha value is -1.09. The van der Waals surface area contributed by atoms with Gasteiger partial charge in [-0.25, -0.2) is 0 Å². The molecular weight excluding hydrogens is 232 g/mol. The second-order valence-corrected chi connectivity index (χ2v) is 2.89. The maximum atomic E-state index is 10.7. The molecule has 3 heteroatoms. The molecule has 0 atom stereocenters. The number of carbonyl (C=O) groups is 1. The Kier molecular flexibility index (Phi) is 3.71. The first kappa shape index (κ1) is 9.99. The van der Waals surface area contributed by atoms with Crippen molar-refractivity contribution in [1.82, 2.24) is 0 Å². The third-order valence-corrected chi connectivity index (χ3v) is 1.83. The van der Waals surface area contributed by atoms with Crippen molar-refractivity contribution >= 4 is 27.7 Å². The van der Waals surface area contributed by atoms with Crippen LogP contribution >= 0.6 is 15.9 Å². The monoisotopic (exact) mass is 240 g/mol. The molecule has 2 nitrogen and oxygen atoms in total. The molecule has 1 aromatic rings. The average Bonchev–Trinajstić information content (AvgIpc) is 2.15. The van der Waals surface area contributed by atoms with Crippen LogP contribution < -0.4 is 0 Å². The summed E-state index contributed by atoms with van der Waals surface area (Å²) in [4.78, 5) is 12.3. The van der Waals surface area contributed by atoms with E-state index in [0.717, 1.165) is 5.56 Å². The summed E-state index contributed by atoms with van der Waals surface area (Å²) in [6.07, 6.45) is 0. The fourth-order valence-corrected chi connectivity index (χ4v) is 1.26. The molecule has 0 amide bonds. The van der Waals surface area contributed by atoms with Crippen LogP contribution in [0.2, 0.25) is 0 Å². The Morgan fingerprint density at radius 1 is 1.38 bits per heavy atom. The van der Waals surface area contributed by atoms with Gasteiger partial charge in [0.25, 0.3) is 0 Å². The van der Waals surface area contributed by atoms with Crippen LogP contribution in [-0.2, 0) is 9.53 Å². The molecule has 0 bridgehead atoms. The van der Waals surface area contributed by atoms with E-state index in [2.05, 4.69) is 15.9 Å². The van der Waals surface area contributed by atoms with Gasteiger partial charge in [0, 0.05) is 17.5 Å². The summed E-state index contributed by atoms with van der Waals surface area (Å²) in [5.74, 6) is 0.197. The molecule has 68 valence electrons. The molecule has 0 aromatic heterocycles. The van der Waals surface area contributed by atoms with E-state index in [-0.39, 0.29) is 5.97 Å². The normalized spacial score (nSPS) is 11.1. The van der Waals surface area contributed by atoms with Crippen molar-refractivity contribution in [3.8, 4) is 0 Å². The Morgan fingerprint density at radius 3 is 2.46 bits per heavy atom. The van der Waals surface area contributed by atoms with Crippen molar-refractivity contribution in [1.29, 1.82) is 0 Å². The third kappa shape index (κ3) is 3.03. The van der Waals surface area contributed by atoms with Gasteiger partial charge < -0.3 is 4.74 Å². The number of benzene rings is 1. The minimum Gasteiger partial charge on any atom is -0.426 e. The minimum atomic E-state index is -0.324. The van der Waals surface area contributed by atoms with Crippen LogP contribution in [0.25, 0.3) is 5.76 Å². The topological polar surface area (TPSA) is 26.3 Å². The Morgan fingerprint density at radius 2 is 2.00 bits per heavy atom. The lowest BCUT2D eigenvalue weighted by Gasteiger charge is -2.04. The third-order valence-electron chi connectivity index (χ3n) is 1.41. The number of hydrogen-bond donors (Lipinski definition) is 0. The zero-order chi connectivity index (χ0) is 9.68. The fourth-order valence-electron chi connectivity index (χ4n) is 0.901. The van der Waals surface area contributed by atoms with Crippen molar-refractivity contribution in [2.75, 3.05) is 0 Å². The lowest BCUT2D eigenvalue weighted by atomic mass is 10.2. The maximum absolute atomic E-state index is 10.7. The van der Waals surface area contributed by atoms with E-state index >= 15 is 0 Å². The van der Waals surface area contributed by atoms with Gasteiger partial charge in [0.15, 0.2) is 0 Å². The van der Waals surface area contributed by atoms with Gasteiger partial charge in [0.2, 0.25) is 0 Å². The Labute approximate surface area is 85.3 Å². The first-order chi connectivity index (χ1) is 6.24. The van der Waals surface area contributed by atoms with Gasteiger partial charge in [0.1, 0.15) is 5.76 Å². The highest BCUT2D eigenvalue weighted by atomic mass is 79.9. The van der Waals surface area contributed by atoms with Gasteiger partial charge in [-0.1, -0.05) is 46.3 Å². The van der Waals surface area contributed by atoms with Gasteiger partial charge in [-0.2, -0.15) is 0 Å². The largest absolute Gasteiger partial charge is 0.426 e. The molecule has 0 fully saturated rings. The van der Waals surface area contributed by atoms with Gasteiger partial charge in [-0.3, -0.25) is 4.79 Å². The molecule has 0 unspecified atom stereocenters. The second kappa shape index (κ2) is 4.82. The number of esters is 1. The van der Waals surface area contributed by atoms with Crippen LogP contribution in [0.5, 0.6) is 0 Å². The van der Waals surface area contributed by atoms with Crippen LogP contribution in [0.3, 0.4) is 0 Å². The molecule has 13 heavy (non-hydrogen) atoms. The molecule has 0 spiro atoms. The van der Waals surface area contributed by atoms with Crippen molar-refractivity contribution < 1.29 is 9.53 Å². The van der Waals surface area contributed by atoms with Gasteiger partial charge in [0.05, 0.1) is 0 Å². The van der Waals surface area contributed by atoms with Crippen LogP contribution in [0.15, 0.2) is 35.3 Å². The van der Waals surface area contributed by atoms with E-state index in [1.807, 2.05) is 30.3 Å². The first-order valence-corrected chi connectivity index (χ1v) is 4.70.